The molecule has 3 aromatic rings. The highest BCUT2D eigenvalue weighted by molar-refractivity contribution is 7.89. The van der Waals surface area contributed by atoms with Crippen LogP contribution in [-0.4, -0.2) is 67.8 Å². The number of benzene rings is 2. The molecule has 0 N–H and O–H groups in total. The lowest BCUT2D eigenvalue weighted by atomic mass is 10.1. The Balaban J connectivity index is 1.43. The minimum atomic E-state index is -3.62. The standard InChI is InChI=1S/C28H38N4O3S2/c1-19(2)17-32(18-20(3)4)37(34,35)24-11-9-23(10-12-24)27(33)30-13-15-31(16-14-30)28-29-25-21(5)7-8-22(6)26(25)36-28/h7-12,19-20H,13-18H2,1-6H3. The largest absolute Gasteiger partial charge is 0.345 e. The van der Waals surface area contributed by atoms with Crippen LogP contribution in [-0.2, 0) is 10.0 Å². The first kappa shape index (κ1) is 27.5. The van der Waals surface area contributed by atoms with Crippen molar-refractivity contribution in [3.8, 4) is 0 Å². The number of hydrogen-bond acceptors (Lipinski definition) is 6. The van der Waals surface area contributed by atoms with E-state index in [-0.39, 0.29) is 22.6 Å². The molecule has 0 unspecified atom stereocenters. The Labute approximate surface area is 225 Å². The van der Waals surface area contributed by atoms with Crippen molar-refractivity contribution in [2.45, 2.75) is 46.4 Å². The zero-order chi connectivity index (χ0) is 26.9. The molecule has 0 radical (unpaired) electrons. The summed E-state index contributed by atoms with van der Waals surface area (Å²) in [6, 6.07) is 10.7. The highest BCUT2D eigenvalue weighted by Gasteiger charge is 2.28. The van der Waals surface area contributed by atoms with E-state index in [0.717, 1.165) is 23.7 Å². The maximum absolute atomic E-state index is 13.3. The fourth-order valence-corrected chi connectivity index (χ4v) is 7.60. The second kappa shape index (κ2) is 11.1. The van der Waals surface area contributed by atoms with E-state index in [1.165, 1.54) is 15.8 Å². The van der Waals surface area contributed by atoms with E-state index in [2.05, 4.69) is 30.9 Å². The number of sulfonamides is 1. The molecule has 200 valence electrons. The van der Waals surface area contributed by atoms with Crippen LogP contribution in [0.1, 0.15) is 49.2 Å². The maximum Gasteiger partial charge on any atom is 0.253 e. The van der Waals surface area contributed by atoms with E-state index in [1.54, 1.807) is 39.9 Å². The van der Waals surface area contributed by atoms with Gasteiger partial charge in [0.05, 0.1) is 15.1 Å². The number of nitrogens with zero attached hydrogens (tertiary/aromatic N) is 4. The lowest BCUT2D eigenvalue weighted by Crippen LogP contribution is -2.48. The Bertz CT molecular complexity index is 1310. The predicted octanol–water partition coefficient (Wildman–Crippen LogP) is 5.18. The van der Waals surface area contributed by atoms with Gasteiger partial charge in [-0.25, -0.2) is 13.4 Å². The van der Waals surface area contributed by atoms with E-state index in [1.807, 2.05) is 32.6 Å². The van der Waals surface area contributed by atoms with E-state index in [4.69, 9.17) is 4.98 Å². The number of aromatic nitrogens is 1. The molecule has 0 atom stereocenters. The monoisotopic (exact) mass is 542 g/mol. The van der Waals surface area contributed by atoms with Crippen LogP contribution in [0.3, 0.4) is 0 Å². The van der Waals surface area contributed by atoms with Crippen LogP contribution in [0.4, 0.5) is 5.13 Å². The highest BCUT2D eigenvalue weighted by Crippen LogP contribution is 2.33. The van der Waals surface area contributed by atoms with Crippen LogP contribution in [0.15, 0.2) is 41.3 Å². The Kier molecular flexibility index (Phi) is 8.26. The molecule has 9 heteroatoms. The molecule has 0 bridgehead atoms. The summed E-state index contributed by atoms with van der Waals surface area (Å²) in [6.07, 6.45) is 0. The number of amides is 1. The van der Waals surface area contributed by atoms with Crippen molar-refractivity contribution in [2.24, 2.45) is 11.8 Å². The van der Waals surface area contributed by atoms with Crippen LogP contribution < -0.4 is 4.90 Å². The van der Waals surface area contributed by atoms with Gasteiger partial charge in [0, 0.05) is 44.8 Å². The second-order valence-corrected chi connectivity index (χ2v) is 13.7. The normalized spacial score (nSPS) is 14.9. The van der Waals surface area contributed by atoms with Crippen LogP contribution in [0.5, 0.6) is 0 Å². The average Bonchev–Trinajstić information content (AvgIpc) is 3.32. The van der Waals surface area contributed by atoms with E-state index in [9.17, 15) is 13.2 Å². The molecule has 0 aliphatic carbocycles. The van der Waals surface area contributed by atoms with E-state index < -0.39 is 10.0 Å². The number of fused-ring (bicyclic) bond motifs is 1. The number of hydrogen-bond donors (Lipinski definition) is 0. The lowest BCUT2D eigenvalue weighted by molar-refractivity contribution is 0.0746. The van der Waals surface area contributed by atoms with Gasteiger partial charge in [-0.15, -0.1) is 0 Å². The van der Waals surface area contributed by atoms with Crippen molar-refractivity contribution in [3.05, 3.63) is 53.1 Å². The average molecular weight is 543 g/mol. The smallest absolute Gasteiger partial charge is 0.253 e. The summed E-state index contributed by atoms with van der Waals surface area (Å²) in [7, 11) is -3.62. The summed E-state index contributed by atoms with van der Waals surface area (Å²) in [5.74, 6) is 0.383. The molecule has 1 amide bonds. The van der Waals surface area contributed by atoms with Gasteiger partial charge < -0.3 is 9.80 Å². The molecule has 1 fully saturated rings. The molecule has 0 spiro atoms. The second-order valence-electron chi connectivity index (χ2n) is 10.8. The van der Waals surface area contributed by atoms with Crippen LogP contribution >= 0.6 is 11.3 Å². The highest BCUT2D eigenvalue weighted by atomic mass is 32.2. The van der Waals surface area contributed by atoms with E-state index >= 15 is 0 Å². The van der Waals surface area contributed by atoms with Crippen LogP contribution in [0.25, 0.3) is 10.2 Å². The van der Waals surface area contributed by atoms with Crippen molar-refractivity contribution in [1.29, 1.82) is 0 Å². The summed E-state index contributed by atoms with van der Waals surface area (Å²) in [6.45, 7) is 15.9. The Hall–Kier alpha value is -2.49. The summed E-state index contributed by atoms with van der Waals surface area (Å²) in [5.41, 5.74) is 3.99. The molecule has 0 saturated carbocycles. The number of carbonyl (C=O) groups is 1. The summed E-state index contributed by atoms with van der Waals surface area (Å²) in [5, 5.41) is 1.00. The van der Waals surface area contributed by atoms with Gasteiger partial charge >= 0.3 is 0 Å². The molecule has 37 heavy (non-hydrogen) atoms. The van der Waals surface area contributed by atoms with Gasteiger partial charge in [0.1, 0.15) is 0 Å². The number of piperazine rings is 1. The van der Waals surface area contributed by atoms with Crippen molar-refractivity contribution in [2.75, 3.05) is 44.2 Å². The van der Waals surface area contributed by atoms with Gasteiger partial charge in [-0.1, -0.05) is 51.2 Å². The molecular formula is C28H38N4O3S2. The maximum atomic E-state index is 13.3. The minimum Gasteiger partial charge on any atom is -0.345 e. The van der Waals surface area contributed by atoms with Crippen LogP contribution in [0.2, 0.25) is 0 Å². The third kappa shape index (κ3) is 5.99. The number of carbonyl (C=O) groups excluding carboxylic acids is 1. The Morgan fingerprint density at radius 2 is 1.49 bits per heavy atom. The molecule has 1 aliphatic heterocycles. The molecule has 4 rings (SSSR count). The summed E-state index contributed by atoms with van der Waals surface area (Å²) in [4.78, 5) is 22.4. The number of aryl methyl sites for hydroxylation is 2. The van der Waals surface area contributed by atoms with Gasteiger partial charge in [0.15, 0.2) is 5.13 Å². The first-order valence-corrected chi connectivity index (χ1v) is 15.2. The fourth-order valence-electron chi connectivity index (χ4n) is 4.67. The van der Waals surface area contributed by atoms with Gasteiger partial charge in [-0.3, -0.25) is 4.79 Å². The number of thiazole rings is 1. The zero-order valence-electron chi connectivity index (χ0n) is 22.7. The topological polar surface area (TPSA) is 73.8 Å². The van der Waals surface area contributed by atoms with Crippen molar-refractivity contribution < 1.29 is 13.2 Å². The molecule has 2 aromatic carbocycles. The molecular weight excluding hydrogens is 504 g/mol. The third-order valence-corrected chi connectivity index (χ3v) is 9.74. The van der Waals surface area contributed by atoms with Gasteiger partial charge in [-0.05, 0) is 61.1 Å². The Morgan fingerprint density at radius 1 is 0.919 bits per heavy atom. The molecule has 1 aliphatic rings. The van der Waals surface area contributed by atoms with Gasteiger partial charge in [-0.2, -0.15) is 4.31 Å². The quantitative estimate of drug-likeness (QED) is 0.392. The first-order valence-electron chi connectivity index (χ1n) is 13.0. The number of rotatable bonds is 8. The molecule has 7 nitrogen and oxygen atoms in total. The number of anilines is 1. The molecule has 1 aromatic heterocycles. The molecule has 1 saturated heterocycles. The third-order valence-electron chi connectivity index (χ3n) is 6.64. The fraction of sp³-hybridized carbons (Fsp3) is 0.500. The lowest BCUT2D eigenvalue weighted by Gasteiger charge is -2.34. The van der Waals surface area contributed by atoms with E-state index in [0.29, 0.717) is 31.7 Å². The van der Waals surface area contributed by atoms with Crippen molar-refractivity contribution in [1.82, 2.24) is 14.2 Å². The summed E-state index contributed by atoms with van der Waals surface area (Å²) < 4.78 is 29.4. The van der Waals surface area contributed by atoms with Crippen molar-refractivity contribution >= 4 is 42.6 Å². The Morgan fingerprint density at radius 3 is 2.03 bits per heavy atom. The summed E-state index contributed by atoms with van der Waals surface area (Å²) >= 11 is 1.71. The molecule has 2 heterocycles. The predicted molar refractivity (Wildman–Crippen MR) is 152 cm³/mol. The van der Waals surface area contributed by atoms with Gasteiger partial charge in [0.25, 0.3) is 5.91 Å². The first-order chi connectivity index (χ1) is 17.5. The van der Waals surface area contributed by atoms with Crippen LogP contribution in [0, 0.1) is 25.7 Å². The van der Waals surface area contributed by atoms with Crippen molar-refractivity contribution in [3.63, 3.8) is 0 Å². The zero-order valence-corrected chi connectivity index (χ0v) is 24.3. The minimum absolute atomic E-state index is 0.0687. The van der Waals surface area contributed by atoms with Gasteiger partial charge in [0.2, 0.25) is 10.0 Å². The SMILES string of the molecule is Cc1ccc(C)c2sc(N3CCN(C(=O)c4ccc(S(=O)(=O)N(CC(C)C)CC(C)C)cc4)CC3)nc12.